The fraction of sp³-hybridized carbons (Fsp3) is 0.333. The molecular weight excluding hydrogens is 369 g/mol. The molecule has 29 heavy (non-hydrogen) atoms. The molecule has 0 saturated heterocycles. The molecule has 2 N–H and O–H groups in total. The van der Waals surface area contributed by atoms with Crippen molar-refractivity contribution in [1.29, 1.82) is 0 Å². The van der Waals surface area contributed by atoms with Crippen LogP contribution in [-0.4, -0.2) is 12.7 Å². The van der Waals surface area contributed by atoms with Gasteiger partial charge in [-0.15, -0.1) is 0 Å². The number of unbranched alkanes of at least 4 members (excludes halogenated alkanes) is 6. The summed E-state index contributed by atoms with van der Waals surface area (Å²) in [6, 6.07) is 33.7. The van der Waals surface area contributed by atoms with Crippen LogP contribution in [0, 0.1) is 0 Å². The standard InChI is InChI=1S/C27H35NP/c28-23-15-4-2-1-3-5-16-24-29(25-17-9-6-10-18-25,26-19-11-7-12-20-26)27-21-13-8-14-22-27/h6-14,17-22H,1-5,15-16,23-24,28H2/q+1. The summed E-state index contributed by atoms with van der Waals surface area (Å²) in [4.78, 5) is 0. The molecule has 3 rings (SSSR count). The van der Waals surface area contributed by atoms with E-state index in [4.69, 9.17) is 5.73 Å². The lowest BCUT2D eigenvalue weighted by Gasteiger charge is -2.27. The van der Waals surface area contributed by atoms with Crippen LogP contribution in [-0.2, 0) is 0 Å². The summed E-state index contributed by atoms with van der Waals surface area (Å²) >= 11 is 0. The third kappa shape index (κ3) is 5.78. The number of hydrogen-bond acceptors (Lipinski definition) is 1. The Hall–Kier alpha value is -1.95. The molecule has 0 aromatic heterocycles. The fourth-order valence-corrected chi connectivity index (χ4v) is 8.67. The molecule has 0 bridgehead atoms. The quantitative estimate of drug-likeness (QED) is 0.305. The lowest BCUT2D eigenvalue weighted by molar-refractivity contribution is 0.594. The normalized spacial score (nSPS) is 11.5. The predicted octanol–water partition coefficient (Wildman–Crippen LogP) is 5.67. The molecule has 0 aliphatic heterocycles. The maximum absolute atomic E-state index is 5.61. The van der Waals surface area contributed by atoms with E-state index in [1.807, 2.05) is 0 Å². The van der Waals surface area contributed by atoms with Gasteiger partial charge in [-0.2, -0.15) is 0 Å². The highest BCUT2D eigenvalue weighted by atomic mass is 31.2. The highest BCUT2D eigenvalue weighted by Crippen LogP contribution is 2.55. The van der Waals surface area contributed by atoms with E-state index in [9.17, 15) is 0 Å². The second-order valence-electron chi connectivity index (χ2n) is 7.80. The first-order chi connectivity index (χ1) is 14.4. The highest BCUT2D eigenvalue weighted by molar-refractivity contribution is 7.95. The summed E-state index contributed by atoms with van der Waals surface area (Å²) in [5.74, 6) is 0. The van der Waals surface area contributed by atoms with E-state index in [0.717, 1.165) is 6.54 Å². The Morgan fingerprint density at radius 2 is 0.793 bits per heavy atom. The summed E-state index contributed by atoms with van der Waals surface area (Å²) < 4.78 is 0. The molecule has 0 spiro atoms. The van der Waals surface area contributed by atoms with Gasteiger partial charge >= 0.3 is 0 Å². The van der Waals surface area contributed by atoms with Gasteiger partial charge in [-0.05, 0) is 62.2 Å². The van der Waals surface area contributed by atoms with E-state index in [2.05, 4.69) is 91.0 Å². The average Bonchev–Trinajstić information content (AvgIpc) is 2.80. The van der Waals surface area contributed by atoms with Crippen molar-refractivity contribution in [2.24, 2.45) is 5.73 Å². The molecule has 0 amide bonds. The van der Waals surface area contributed by atoms with E-state index in [1.54, 1.807) is 0 Å². The Bertz CT molecular complexity index is 705. The summed E-state index contributed by atoms with van der Waals surface area (Å²) in [5.41, 5.74) is 5.61. The van der Waals surface area contributed by atoms with Crippen molar-refractivity contribution in [2.75, 3.05) is 12.7 Å². The summed E-state index contributed by atoms with van der Waals surface area (Å²) in [6.45, 7) is 0.832. The first kappa shape index (κ1) is 21.8. The molecule has 0 fully saturated rings. The van der Waals surface area contributed by atoms with Crippen LogP contribution in [0.5, 0.6) is 0 Å². The largest absolute Gasteiger partial charge is 0.330 e. The minimum Gasteiger partial charge on any atom is -0.330 e. The van der Waals surface area contributed by atoms with Crippen molar-refractivity contribution in [3.63, 3.8) is 0 Å². The van der Waals surface area contributed by atoms with Crippen molar-refractivity contribution < 1.29 is 0 Å². The van der Waals surface area contributed by atoms with Crippen LogP contribution in [0.25, 0.3) is 0 Å². The molecule has 0 unspecified atom stereocenters. The minimum absolute atomic E-state index is 0.832. The fourth-order valence-electron chi connectivity index (χ4n) is 4.26. The molecular formula is C27H35NP+. The number of hydrogen-bond donors (Lipinski definition) is 1. The summed E-state index contributed by atoms with van der Waals surface area (Å²) in [7, 11) is -1.64. The van der Waals surface area contributed by atoms with Gasteiger partial charge in [0, 0.05) is 0 Å². The number of nitrogens with two attached hydrogens (primary N) is 1. The molecule has 3 aromatic carbocycles. The van der Waals surface area contributed by atoms with Crippen molar-refractivity contribution in [3.8, 4) is 0 Å². The molecule has 0 radical (unpaired) electrons. The Balaban J connectivity index is 1.83. The number of benzene rings is 3. The van der Waals surface area contributed by atoms with Gasteiger partial charge in [0.15, 0.2) is 0 Å². The van der Waals surface area contributed by atoms with Crippen LogP contribution in [0.3, 0.4) is 0 Å². The van der Waals surface area contributed by atoms with Gasteiger partial charge in [-0.3, -0.25) is 0 Å². The molecule has 0 aliphatic carbocycles. The zero-order valence-electron chi connectivity index (χ0n) is 17.5. The van der Waals surface area contributed by atoms with Gasteiger partial charge in [0.2, 0.25) is 0 Å². The molecule has 1 nitrogen and oxygen atoms in total. The molecule has 3 aromatic rings. The van der Waals surface area contributed by atoms with Gasteiger partial charge in [0.05, 0.1) is 6.16 Å². The van der Waals surface area contributed by atoms with Crippen LogP contribution in [0.1, 0.15) is 44.9 Å². The smallest absolute Gasteiger partial charge is 0.112 e. The Morgan fingerprint density at radius 1 is 0.448 bits per heavy atom. The highest BCUT2D eigenvalue weighted by Gasteiger charge is 2.44. The average molecular weight is 405 g/mol. The zero-order chi connectivity index (χ0) is 20.2. The van der Waals surface area contributed by atoms with Crippen molar-refractivity contribution in [2.45, 2.75) is 44.9 Å². The van der Waals surface area contributed by atoms with Crippen LogP contribution >= 0.6 is 7.26 Å². The zero-order valence-corrected chi connectivity index (χ0v) is 18.4. The maximum Gasteiger partial charge on any atom is 0.112 e. The molecule has 0 aliphatic rings. The SMILES string of the molecule is NCCCCCCCCC[P+](c1ccccc1)(c1ccccc1)c1ccccc1. The van der Waals surface area contributed by atoms with Crippen LogP contribution in [0.2, 0.25) is 0 Å². The predicted molar refractivity (Wildman–Crippen MR) is 131 cm³/mol. The first-order valence-corrected chi connectivity index (χ1v) is 13.1. The van der Waals surface area contributed by atoms with E-state index < -0.39 is 7.26 Å². The first-order valence-electron chi connectivity index (χ1n) is 11.1. The lowest BCUT2D eigenvalue weighted by Crippen LogP contribution is -2.33. The van der Waals surface area contributed by atoms with E-state index in [0.29, 0.717) is 0 Å². The van der Waals surface area contributed by atoms with Crippen molar-refractivity contribution in [3.05, 3.63) is 91.0 Å². The van der Waals surface area contributed by atoms with Crippen LogP contribution < -0.4 is 21.6 Å². The van der Waals surface area contributed by atoms with Crippen LogP contribution in [0.4, 0.5) is 0 Å². The molecule has 2 heteroatoms. The Morgan fingerprint density at radius 3 is 1.17 bits per heavy atom. The number of rotatable bonds is 12. The van der Waals surface area contributed by atoms with Gasteiger partial charge < -0.3 is 5.73 Å². The molecule has 0 heterocycles. The minimum atomic E-state index is -1.64. The second kappa shape index (κ2) is 11.9. The molecule has 152 valence electrons. The van der Waals surface area contributed by atoms with Crippen molar-refractivity contribution >= 4 is 23.2 Å². The summed E-state index contributed by atoms with van der Waals surface area (Å²) in [5, 5.41) is 4.50. The van der Waals surface area contributed by atoms with Crippen molar-refractivity contribution in [1.82, 2.24) is 0 Å². The van der Waals surface area contributed by atoms with Gasteiger partial charge in [-0.25, -0.2) is 0 Å². The van der Waals surface area contributed by atoms with Gasteiger partial charge in [0.1, 0.15) is 23.2 Å². The third-order valence-electron chi connectivity index (χ3n) is 5.79. The molecule has 0 atom stereocenters. The Labute approximate surface area is 177 Å². The van der Waals surface area contributed by atoms with Crippen LogP contribution in [0.15, 0.2) is 91.0 Å². The van der Waals surface area contributed by atoms with E-state index in [1.165, 1.54) is 67.0 Å². The van der Waals surface area contributed by atoms with Gasteiger partial charge in [0.25, 0.3) is 0 Å². The molecule has 0 saturated carbocycles. The van der Waals surface area contributed by atoms with E-state index in [-0.39, 0.29) is 0 Å². The topological polar surface area (TPSA) is 26.0 Å². The third-order valence-corrected chi connectivity index (χ3v) is 10.3. The second-order valence-corrected chi connectivity index (χ2v) is 11.4. The summed E-state index contributed by atoms with van der Waals surface area (Å²) in [6.07, 6.45) is 10.3. The maximum atomic E-state index is 5.61. The monoisotopic (exact) mass is 404 g/mol. The van der Waals surface area contributed by atoms with Gasteiger partial charge in [-0.1, -0.05) is 80.3 Å². The lowest BCUT2D eigenvalue weighted by atomic mass is 10.1. The van der Waals surface area contributed by atoms with E-state index >= 15 is 0 Å². The Kier molecular flexibility index (Phi) is 8.93.